The van der Waals surface area contributed by atoms with Crippen molar-refractivity contribution in [2.45, 2.75) is 39.1 Å². The molecule has 0 saturated carbocycles. The second-order valence-electron chi connectivity index (χ2n) is 7.23. The Morgan fingerprint density at radius 1 is 1.10 bits per heavy atom. The van der Waals surface area contributed by atoms with Crippen molar-refractivity contribution in [3.8, 4) is 0 Å². The molecule has 29 heavy (non-hydrogen) atoms. The van der Waals surface area contributed by atoms with Crippen molar-refractivity contribution in [2.75, 3.05) is 0 Å². The zero-order chi connectivity index (χ0) is 21.2. The highest BCUT2D eigenvalue weighted by molar-refractivity contribution is 9.10. The topological polar surface area (TPSA) is 88.4 Å². The number of fused-ring (bicyclic) bond motifs is 1. The first-order valence-corrected chi connectivity index (χ1v) is 11.6. The Balaban J connectivity index is 1.64. The van der Waals surface area contributed by atoms with Crippen LogP contribution in [-0.4, -0.2) is 20.4 Å². The SMILES string of the molecule is Cc1c(C(=O)NCc2ccc(CS(=O)(=O)NC(C)C)cc2)oc2ccc(Br)cc12. The summed E-state index contributed by atoms with van der Waals surface area (Å²) in [5.74, 6) is -0.0749. The largest absolute Gasteiger partial charge is 0.451 e. The minimum Gasteiger partial charge on any atom is -0.451 e. The van der Waals surface area contributed by atoms with Crippen molar-refractivity contribution in [3.05, 3.63) is 69.4 Å². The zero-order valence-electron chi connectivity index (χ0n) is 16.5. The fourth-order valence-electron chi connectivity index (χ4n) is 3.05. The number of benzene rings is 2. The number of halogens is 1. The third-order valence-electron chi connectivity index (χ3n) is 4.35. The number of nitrogens with one attached hydrogen (secondary N) is 2. The highest BCUT2D eigenvalue weighted by Gasteiger charge is 2.18. The number of carbonyl (C=O) groups excluding carboxylic acids is 1. The highest BCUT2D eigenvalue weighted by atomic mass is 79.9. The summed E-state index contributed by atoms with van der Waals surface area (Å²) in [7, 11) is -3.36. The minimum atomic E-state index is -3.36. The van der Waals surface area contributed by atoms with E-state index in [1.165, 1.54) is 0 Å². The molecule has 1 aromatic heterocycles. The molecule has 0 atom stereocenters. The van der Waals surface area contributed by atoms with E-state index in [0.29, 0.717) is 23.5 Å². The predicted molar refractivity (Wildman–Crippen MR) is 117 cm³/mol. The van der Waals surface area contributed by atoms with Crippen LogP contribution < -0.4 is 10.0 Å². The Hall–Kier alpha value is -2.16. The highest BCUT2D eigenvalue weighted by Crippen LogP contribution is 2.28. The van der Waals surface area contributed by atoms with Crippen molar-refractivity contribution in [3.63, 3.8) is 0 Å². The molecule has 0 aliphatic heterocycles. The third-order valence-corrected chi connectivity index (χ3v) is 6.39. The number of aryl methyl sites for hydroxylation is 1. The van der Waals surface area contributed by atoms with Crippen molar-refractivity contribution < 1.29 is 17.6 Å². The maximum atomic E-state index is 12.5. The first kappa shape index (κ1) is 21.5. The number of carbonyl (C=O) groups is 1. The summed E-state index contributed by atoms with van der Waals surface area (Å²) in [6.45, 7) is 5.74. The van der Waals surface area contributed by atoms with Crippen LogP contribution in [0.25, 0.3) is 11.0 Å². The van der Waals surface area contributed by atoms with Crippen LogP contribution in [0.5, 0.6) is 0 Å². The monoisotopic (exact) mass is 478 g/mol. The van der Waals surface area contributed by atoms with Crippen LogP contribution in [-0.2, 0) is 22.3 Å². The number of hydrogen-bond acceptors (Lipinski definition) is 4. The first-order chi connectivity index (χ1) is 13.6. The van der Waals surface area contributed by atoms with Crippen LogP contribution >= 0.6 is 15.9 Å². The molecule has 2 N–H and O–H groups in total. The van der Waals surface area contributed by atoms with Gasteiger partial charge in [-0.15, -0.1) is 0 Å². The third kappa shape index (κ3) is 5.46. The van der Waals surface area contributed by atoms with Gasteiger partial charge in [-0.05, 0) is 50.1 Å². The summed E-state index contributed by atoms with van der Waals surface area (Å²) in [6, 6.07) is 12.6. The lowest BCUT2D eigenvalue weighted by atomic mass is 10.1. The molecular formula is C21H23BrN2O4S. The van der Waals surface area contributed by atoms with Gasteiger partial charge in [-0.3, -0.25) is 4.79 Å². The molecule has 1 amide bonds. The van der Waals surface area contributed by atoms with E-state index < -0.39 is 10.0 Å². The molecule has 0 unspecified atom stereocenters. The van der Waals surface area contributed by atoms with Gasteiger partial charge < -0.3 is 9.73 Å². The van der Waals surface area contributed by atoms with E-state index in [2.05, 4.69) is 26.0 Å². The molecule has 0 fully saturated rings. The van der Waals surface area contributed by atoms with E-state index >= 15 is 0 Å². The van der Waals surface area contributed by atoms with E-state index in [4.69, 9.17) is 4.42 Å². The number of hydrogen-bond donors (Lipinski definition) is 2. The number of amides is 1. The molecule has 0 spiro atoms. The normalized spacial score (nSPS) is 11.9. The van der Waals surface area contributed by atoms with Crippen LogP contribution in [0.2, 0.25) is 0 Å². The van der Waals surface area contributed by atoms with Crippen molar-refractivity contribution >= 4 is 42.8 Å². The van der Waals surface area contributed by atoms with Gasteiger partial charge in [0.25, 0.3) is 5.91 Å². The zero-order valence-corrected chi connectivity index (χ0v) is 18.9. The second-order valence-corrected chi connectivity index (χ2v) is 9.90. The number of furan rings is 1. The summed E-state index contributed by atoms with van der Waals surface area (Å²) in [4.78, 5) is 12.5. The lowest BCUT2D eigenvalue weighted by Gasteiger charge is -2.10. The van der Waals surface area contributed by atoms with Gasteiger partial charge in [0.15, 0.2) is 5.76 Å². The number of rotatable bonds is 7. The van der Waals surface area contributed by atoms with E-state index in [0.717, 1.165) is 21.0 Å². The second kappa shape index (κ2) is 8.69. The van der Waals surface area contributed by atoms with Crippen LogP contribution in [0.4, 0.5) is 0 Å². The van der Waals surface area contributed by atoms with Gasteiger partial charge in [-0.25, -0.2) is 13.1 Å². The lowest BCUT2D eigenvalue weighted by Crippen LogP contribution is -2.31. The van der Waals surface area contributed by atoms with E-state index in [1.54, 1.807) is 26.0 Å². The quantitative estimate of drug-likeness (QED) is 0.530. The molecule has 0 radical (unpaired) electrons. The summed E-state index contributed by atoms with van der Waals surface area (Å²) in [5, 5.41) is 3.74. The fourth-order valence-corrected chi connectivity index (χ4v) is 4.84. The summed E-state index contributed by atoms with van der Waals surface area (Å²) in [6.07, 6.45) is 0. The summed E-state index contributed by atoms with van der Waals surface area (Å²) in [5.41, 5.74) is 3.01. The first-order valence-electron chi connectivity index (χ1n) is 9.19. The molecule has 1 heterocycles. The van der Waals surface area contributed by atoms with Gasteiger partial charge in [-0.2, -0.15) is 0 Å². The van der Waals surface area contributed by atoms with Crippen LogP contribution in [0.1, 0.15) is 41.1 Å². The van der Waals surface area contributed by atoms with E-state index in [1.807, 2.05) is 37.3 Å². The van der Waals surface area contributed by atoms with Gasteiger partial charge in [0.05, 0.1) is 5.75 Å². The lowest BCUT2D eigenvalue weighted by molar-refractivity contribution is 0.0924. The fraction of sp³-hybridized carbons (Fsp3) is 0.286. The van der Waals surface area contributed by atoms with Gasteiger partial charge in [-0.1, -0.05) is 40.2 Å². The molecule has 154 valence electrons. The average Bonchev–Trinajstić information content (AvgIpc) is 2.96. The van der Waals surface area contributed by atoms with Crippen molar-refractivity contribution in [1.82, 2.24) is 10.0 Å². The molecule has 8 heteroatoms. The van der Waals surface area contributed by atoms with Crippen LogP contribution in [0.3, 0.4) is 0 Å². The molecule has 2 aromatic carbocycles. The Morgan fingerprint density at radius 2 is 1.76 bits per heavy atom. The Morgan fingerprint density at radius 3 is 2.41 bits per heavy atom. The van der Waals surface area contributed by atoms with Gasteiger partial charge in [0.1, 0.15) is 5.58 Å². The molecule has 0 aliphatic carbocycles. The smallest absolute Gasteiger partial charge is 0.287 e. The van der Waals surface area contributed by atoms with E-state index in [-0.39, 0.29) is 17.7 Å². The Kier molecular flexibility index (Phi) is 6.45. The Labute approximate surface area is 178 Å². The minimum absolute atomic E-state index is 0.0778. The average molecular weight is 479 g/mol. The van der Waals surface area contributed by atoms with Gasteiger partial charge in [0, 0.05) is 28.0 Å². The molecule has 6 nitrogen and oxygen atoms in total. The summed E-state index contributed by atoms with van der Waals surface area (Å²) >= 11 is 3.43. The molecule has 0 aliphatic rings. The van der Waals surface area contributed by atoms with E-state index in [9.17, 15) is 13.2 Å². The molecule has 0 saturated heterocycles. The molecule has 0 bridgehead atoms. The van der Waals surface area contributed by atoms with Gasteiger partial charge in [0.2, 0.25) is 10.0 Å². The standard InChI is InChI=1S/C21H23BrN2O4S/c1-13(2)24-29(26,27)12-16-6-4-15(5-7-16)11-23-21(25)20-14(3)18-10-17(22)8-9-19(18)28-20/h4-10,13,24H,11-12H2,1-3H3,(H,23,25). The maximum absolute atomic E-state index is 12.5. The van der Waals surface area contributed by atoms with Crippen LogP contribution in [0, 0.1) is 6.92 Å². The van der Waals surface area contributed by atoms with Gasteiger partial charge >= 0.3 is 0 Å². The van der Waals surface area contributed by atoms with Crippen molar-refractivity contribution in [1.29, 1.82) is 0 Å². The molecule has 3 aromatic rings. The number of sulfonamides is 1. The summed E-state index contributed by atoms with van der Waals surface area (Å²) < 4.78 is 33.2. The molecule has 3 rings (SSSR count). The van der Waals surface area contributed by atoms with Crippen LogP contribution in [0.15, 0.2) is 51.4 Å². The molecular weight excluding hydrogens is 456 g/mol. The maximum Gasteiger partial charge on any atom is 0.287 e. The predicted octanol–water partition coefficient (Wildman–Crippen LogP) is 4.26. The Bertz CT molecular complexity index is 1140. The van der Waals surface area contributed by atoms with Crippen molar-refractivity contribution in [2.24, 2.45) is 0 Å².